The second-order valence-corrected chi connectivity index (χ2v) is 4.92. The lowest BCUT2D eigenvalue weighted by Crippen LogP contribution is -2.49. The van der Waals surface area contributed by atoms with Crippen LogP contribution in [-0.4, -0.2) is 57.1 Å². The van der Waals surface area contributed by atoms with Crippen LogP contribution in [0.3, 0.4) is 0 Å². The van der Waals surface area contributed by atoms with Gasteiger partial charge in [0.05, 0.1) is 6.33 Å². The number of H-pyrrole nitrogens is 1. The van der Waals surface area contributed by atoms with Crippen LogP contribution in [0.15, 0.2) is 12.7 Å². The summed E-state index contributed by atoms with van der Waals surface area (Å²) >= 11 is 0. The van der Waals surface area contributed by atoms with Crippen molar-refractivity contribution in [3.05, 3.63) is 12.7 Å². The van der Waals surface area contributed by atoms with Crippen molar-refractivity contribution >= 4 is 17.0 Å². The molecule has 2 aromatic rings. The summed E-state index contributed by atoms with van der Waals surface area (Å²) in [5.41, 5.74) is 1.68. The van der Waals surface area contributed by atoms with Gasteiger partial charge in [-0.1, -0.05) is 0 Å². The second-order valence-electron chi connectivity index (χ2n) is 4.92. The van der Waals surface area contributed by atoms with Gasteiger partial charge in [0.1, 0.15) is 11.8 Å². The molecule has 0 spiro atoms. The average molecular weight is 246 g/mol. The molecule has 1 N–H and O–H groups in total. The number of nitrogens with zero attached hydrogens (tertiary/aromatic N) is 5. The summed E-state index contributed by atoms with van der Waals surface area (Å²) in [6, 6.07) is 0.615. The molecule has 3 heterocycles. The number of hydrogen-bond acceptors (Lipinski definition) is 5. The molecule has 96 valence electrons. The molecule has 0 unspecified atom stereocenters. The van der Waals surface area contributed by atoms with Crippen molar-refractivity contribution in [1.29, 1.82) is 0 Å². The fraction of sp³-hybridized carbons (Fsp3) is 0.583. The summed E-state index contributed by atoms with van der Waals surface area (Å²) in [6.45, 7) is 8.65. The molecule has 0 bridgehead atoms. The second kappa shape index (κ2) is 4.53. The van der Waals surface area contributed by atoms with Gasteiger partial charge in [-0.2, -0.15) is 0 Å². The number of aromatic nitrogens is 4. The zero-order valence-corrected chi connectivity index (χ0v) is 10.8. The Morgan fingerprint density at radius 3 is 2.61 bits per heavy atom. The van der Waals surface area contributed by atoms with E-state index in [0.717, 1.165) is 43.2 Å². The van der Waals surface area contributed by atoms with Gasteiger partial charge in [-0.05, 0) is 13.8 Å². The van der Waals surface area contributed by atoms with Crippen LogP contribution in [0.4, 0.5) is 5.82 Å². The van der Waals surface area contributed by atoms with E-state index in [1.54, 1.807) is 12.7 Å². The summed E-state index contributed by atoms with van der Waals surface area (Å²) in [6.07, 6.45) is 3.26. The molecule has 0 aliphatic carbocycles. The van der Waals surface area contributed by atoms with E-state index >= 15 is 0 Å². The van der Waals surface area contributed by atoms with E-state index in [2.05, 4.69) is 43.6 Å². The van der Waals surface area contributed by atoms with Gasteiger partial charge in [-0.15, -0.1) is 0 Å². The molecule has 0 saturated carbocycles. The minimum absolute atomic E-state index is 0.615. The fourth-order valence-electron chi connectivity index (χ4n) is 2.44. The molecule has 2 aromatic heterocycles. The Morgan fingerprint density at radius 2 is 1.89 bits per heavy atom. The fourth-order valence-corrected chi connectivity index (χ4v) is 2.44. The van der Waals surface area contributed by atoms with Crippen LogP contribution in [0.2, 0.25) is 0 Å². The summed E-state index contributed by atoms with van der Waals surface area (Å²) < 4.78 is 0. The molecule has 6 nitrogen and oxygen atoms in total. The molecule has 0 radical (unpaired) electrons. The van der Waals surface area contributed by atoms with Crippen molar-refractivity contribution in [2.45, 2.75) is 19.9 Å². The molecule has 0 atom stereocenters. The molecular formula is C12H18N6. The van der Waals surface area contributed by atoms with Crippen LogP contribution in [0.5, 0.6) is 0 Å². The van der Waals surface area contributed by atoms with E-state index in [9.17, 15) is 0 Å². The summed E-state index contributed by atoms with van der Waals surface area (Å²) in [5.74, 6) is 0.973. The predicted octanol–water partition coefficient (Wildman–Crippen LogP) is 0.883. The highest BCUT2D eigenvalue weighted by molar-refractivity contribution is 5.82. The molecule has 3 rings (SSSR count). The first kappa shape index (κ1) is 11.4. The van der Waals surface area contributed by atoms with Crippen molar-refractivity contribution in [3.63, 3.8) is 0 Å². The van der Waals surface area contributed by atoms with Gasteiger partial charge < -0.3 is 9.88 Å². The topological polar surface area (TPSA) is 60.9 Å². The third-order valence-electron chi connectivity index (χ3n) is 3.55. The SMILES string of the molecule is CC(C)N1CCN(c2ncnc3nc[nH]c23)CC1. The van der Waals surface area contributed by atoms with Crippen molar-refractivity contribution in [2.75, 3.05) is 31.1 Å². The van der Waals surface area contributed by atoms with Crippen LogP contribution in [0.1, 0.15) is 13.8 Å². The van der Waals surface area contributed by atoms with Gasteiger partial charge in [0, 0.05) is 32.2 Å². The first-order valence-electron chi connectivity index (χ1n) is 6.39. The Kier molecular flexibility index (Phi) is 2.87. The Labute approximate surface area is 106 Å². The van der Waals surface area contributed by atoms with Gasteiger partial charge in [0.25, 0.3) is 0 Å². The number of aromatic amines is 1. The largest absolute Gasteiger partial charge is 0.352 e. The highest BCUT2D eigenvalue weighted by Gasteiger charge is 2.21. The lowest BCUT2D eigenvalue weighted by molar-refractivity contribution is 0.209. The molecule has 0 amide bonds. The third-order valence-corrected chi connectivity index (χ3v) is 3.55. The maximum atomic E-state index is 4.40. The Balaban J connectivity index is 1.82. The van der Waals surface area contributed by atoms with E-state index in [0.29, 0.717) is 6.04 Å². The molecule has 1 saturated heterocycles. The Bertz CT molecular complexity index is 526. The smallest absolute Gasteiger partial charge is 0.182 e. The lowest BCUT2D eigenvalue weighted by atomic mass is 10.2. The molecule has 6 heteroatoms. The van der Waals surface area contributed by atoms with Crippen LogP contribution < -0.4 is 4.90 Å². The summed E-state index contributed by atoms with van der Waals surface area (Å²) in [4.78, 5) is 20.6. The van der Waals surface area contributed by atoms with Crippen molar-refractivity contribution < 1.29 is 0 Å². The number of anilines is 1. The summed E-state index contributed by atoms with van der Waals surface area (Å²) in [5, 5.41) is 0. The number of piperazine rings is 1. The highest BCUT2D eigenvalue weighted by atomic mass is 15.3. The normalized spacial score (nSPS) is 17.8. The maximum absolute atomic E-state index is 4.40. The molecule has 1 aliphatic rings. The molecule has 1 aliphatic heterocycles. The third kappa shape index (κ3) is 1.92. The highest BCUT2D eigenvalue weighted by Crippen LogP contribution is 2.21. The molecule has 0 aromatic carbocycles. The zero-order valence-electron chi connectivity index (χ0n) is 10.8. The minimum Gasteiger partial charge on any atom is -0.352 e. The van der Waals surface area contributed by atoms with Crippen LogP contribution in [0, 0.1) is 0 Å². The van der Waals surface area contributed by atoms with Crippen LogP contribution in [0.25, 0.3) is 11.2 Å². The standard InChI is InChI=1S/C12H18N6/c1-9(2)17-3-5-18(6-4-17)12-10-11(14-7-13-10)15-8-16-12/h7-9H,3-6H2,1-2H3,(H,13,14,15,16). The lowest BCUT2D eigenvalue weighted by Gasteiger charge is -2.37. The van der Waals surface area contributed by atoms with E-state index in [-0.39, 0.29) is 0 Å². The number of nitrogens with one attached hydrogen (secondary N) is 1. The number of imidazole rings is 1. The van der Waals surface area contributed by atoms with E-state index in [1.807, 2.05) is 0 Å². The molecule has 1 fully saturated rings. The van der Waals surface area contributed by atoms with Crippen LogP contribution >= 0.6 is 0 Å². The van der Waals surface area contributed by atoms with Gasteiger partial charge in [0.15, 0.2) is 11.5 Å². The number of rotatable bonds is 2. The Hall–Kier alpha value is -1.69. The predicted molar refractivity (Wildman–Crippen MR) is 70.6 cm³/mol. The quantitative estimate of drug-likeness (QED) is 0.852. The van der Waals surface area contributed by atoms with Crippen LogP contribution in [-0.2, 0) is 0 Å². The van der Waals surface area contributed by atoms with Crippen molar-refractivity contribution in [2.24, 2.45) is 0 Å². The van der Waals surface area contributed by atoms with Gasteiger partial charge in [-0.3, -0.25) is 4.90 Å². The molecule has 18 heavy (non-hydrogen) atoms. The number of fused-ring (bicyclic) bond motifs is 1. The Morgan fingerprint density at radius 1 is 1.11 bits per heavy atom. The average Bonchev–Trinajstić information content (AvgIpc) is 2.87. The first-order valence-corrected chi connectivity index (χ1v) is 6.39. The van der Waals surface area contributed by atoms with Gasteiger partial charge in [-0.25, -0.2) is 15.0 Å². The van der Waals surface area contributed by atoms with Crippen molar-refractivity contribution in [3.8, 4) is 0 Å². The monoisotopic (exact) mass is 246 g/mol. The van der Waals surface area contributed by atoms with E-state index < -0.39 is 0 Å². The molecular weight excluding hydrogens is 228 g/mol. The van der Waals surface area contributed by atoms with E-state index in [1.165, 1.54) is 0 Å². The van der Waals surface area contributed by atoms with Gasteiger partial charge in [0.2, 0.25) is 0 Å². The maximum Gasteiger partial charge on any atom is 0.182 e. The van der Waals surface area contributed by atoms with Crippen molar-refractivity contribution in [1.82, 2.24) is 24.8 Å². The zero-order chi connectivity index (χ0) is 12.5. The minimum atomic E-state index is 0.615. The van der Waals surface area contributed by atoms with E-state index in [4.69, 9.17) is 0 Å². The number of hydrogen-bond donors (Lipinski definition) is 1. The summed E-state index contributed by atoms with van der Waals surface area (Å²) in [7, 11) is 0. The van der Waals surface area contributed by atoms with Gasteiger partial charge >= 0.3 is 0 Å². The first-order chi connectivity index (χ1) is 8.75.